The van der Waals surface area contributed by atoms with Crippen molar-refractivity contribution in [3.8, 4) is 0 Å². The molecule has 2 aromatic rings. The minimum atomic E-state index is -1.86. The topological polar surface area (TPSA) is 263 Å². The van der Waals surface area contributed by atoms with E-state index in [0.29, 0.717) is 5.39 Å². The van der Waals surface area contributed by atoms with Crippen LogP contribution in [0.5, 0.6) is 0 Å². The lowest BCUT2D eigenvalue weighted by atomic mass is 9.95. The van der Waals surface area contributed by atoms with E-state index in [0.717, 1.165) is 53.2 Å². The zero-order chi connectivity index (χ0) is 43.6. The van der Waals surface area contributed by atoms with E-state index >= 15 is 0 Å². The maximum absolute atomic E-state index is 13.4. The van der Waals surface area contributed by atoms with Crippen molar-refractivity contribution in [3.05, 3.63) is 34.6 Å². The van der Waals surface area contributed by atoms with Gasteiger partial charge in [0, 0.05) is 61.4 Å². The quantitative estimate of drug-likeness (QED) is 0.179. The van der Waals surface area contributed by atoms with Crippen LogP contribution in [-0.4, -0.2) is 126 Å². The maximum Gasteiger partial charge on any atom is 0.303 e. The molecule has 1 N–H and O–H groups in total. The molecule has 0 spiro atoms. The number of nitrogens with one attached hydrogen (secondary N) is 1. The molecule has 2 saturated heterocycles. The van der Waals surface area contributed by atoms with Gasteiger partial charge in [0.25, 0.3) is 5.56 Å². The fourth-order valence-electron chi connectivity index (χ4n) is 6.41. The molecule has 10 unspecified atom stereocenters. The fourth-order valence-corrected chi connectivity index (χ4v) is 7.44. The van der Waals surface area contributed by atoms with Gasteiger partial charge in [0.15, 0.2) is 43.0 Å². The molecule has 22 heteroatoms. The Morgan fingerprint density at radius 2 is 1.12 bits per heavy atom. The second kappa shape index (κ2) is 21.0. The van der Waals surface area contributed by atoms with Gasteiger partial charge in [-0.25, -0.2) is 0 Å². The molecule has 21 nitrogen and oxygen atoms in total. The lowest BCUT2D eigenvalue weighted by molar-refractivity contribution is -0.345. The van der Waals surface area contributed by atoms with Gasteiger partial charge >= 0.3 is 41.8 Å². The van der Waals surface area contributed by atoms with E-state index in [1.54, 1.807) is 24.3 Å². The zero-order valence-corrected chi connectivity index (χ0v) is 34.0. The summed E-state index contributed by atoms with van der Waals surface area (Å²) in [6.07, 6.45) is -16.3. The average Bonchev–Trinajstić information content (AvgIpc) is 3.45. The highest BCUT2D eigenvalue weighted by Gasteiger charge is 2.57. The molecule has 0 saturated carbocycles. The van der Waals surface area contributed by atoms with Crippen molar-refractivity contribution in [2.45, 2.75) is 129 Å². The number of esters is 7. The molecule has 2 aliphatic heterocycles. The lowest BCUT2D eigenvalue weighted by Gasteiger charge is -2.48. The van der Waals surface area contributed by atoms with Gasteiger partial charge in [0.1, 0.15) is 31.5 Å². The number of nitrogens with zero attached hydrogens (tertiary/aromatic N) is 1. The standard InChI is InChI=1S/C37H46N2O19S/c1-17(40)49-15-25-30(58-37-34(55-23(7)46)32(53-21(5)44)29(51-19(3)42)26(57-37)16-50-18(2)41)31(52-20(4)43)33(54-22(6)45)35(56-25)38-28(47)13-10-14-39-36(48)24-11-8-9-12-27(24)59-39/h8-9,11-12,25-26,29-35,37H,10,13-16H2,1-7H3,(H,38,47). The molecule has 324 valence electrons. The Morgan fingerprint density at radius 3 is 1.66 bits per heavy atom. The molecule has 0 bridgehead atoms. The molecule has 3 heterocycles. The number of rotatable bonds is 16. The molecular formula is C37H46N2O19S. The molecule has 59 heavy (non-hydrogen) atoms. The van der Waals surface area contributed by atoms with Crippen LogP contribution in [0.15, 0.2) is 29.1 Å². The van der Waals surface area contributed by atoms with Crippen LogP contribution in [0.3, 0.4) is 0 Å². The highest BCUT2D eigenvalue weighted by molar-refractivity contribution is 7.13. The van der Waals surface area contributed by atoms with Crippen molar-refractivity contribution in [1.82, 2.24) is 9.27 Å². The highest BCUT2D eigenvalue weighted by Crippen LogP contribution is 2.35. The van der Waals surface area contributed by atoms with E-state index < -0.39 is 122 Å². The van der Waals surface area contributed by atoms with E-state index in [1.807, 2.05) is 0 Å². The normalized spacial score (nSPS) is 26.4. The summed E-state index contributed by atoms with van der Waals surface area (Å²) in [5, 5.41) is 3.14. The van der Waals surface area contributed by atoms with E-state index in [9.17, 15) is 43.2 Å². The SMILES string of the molecule is CC(=O)OCC1OC(NC(=O)CCCn2sc3ccccc3c2=O)C(OC(C)=O)C(OC(C)=O)C1OC1OC(COC(C)=O)C(OC(C)=O)C(OC(C)=O)C1OC(C)=O. The number of carbonyl (C=O) groups is 8. The van der Waals surface area contributed by atoms with Crippen molar-refractivity contribution in [3.63, 3.8) is 0 Å². The van der Waals surface area contributed by atoms with Gasteiger partial charge in [-0.05, 0) is 18.6 Å². The third-order valence-corrected chi connectivity index (χ3v) is 9.67. The first-order valence-electron chi connectivity index (χ1n) is 18.3. The molecule has 1 aromatic heterocycles. The first kappa shape index (κ1) is 46.2. The number of fused-ring (bicyclic) bond motifs is 1. The lowest BCUT2D eigenvalue weighted by Crippen LogP contribution is -2.68. The van der Waals surface area contributed by atoms with E-state index in [2.05, 4.69) is 5.32 Å². The van der Waals surface area contributed by atoms with Gasteiger partial charge in [-0.1, -0.05) is 23.7 Å². The van der Waals surface area contributed by atoms with Crippen molar-refractivity contribution < 1.29 is 85.7 Å². The number of carbonyl (C=O) groups excluding carboxylic acids is 8. The fraction of sp³-hybridized carbons (Fsp3) is 0.595. The predicted octanol–water partition coefficient (Wildman–Crippen LogP) is 0.579. The van der Waals surface area contributed by atoms with Crippen LogP contribution >= 0.6 is 11.5 Å². The Morgan fingerprint density at radius 1 is 0.627 bits per heavy atom. The van der Waals surface area contributed by atoms with Crippen LogP contribution < -0.4 is 10.9 Å². The second-order valence-electron chi connectivity index (χ2n) is 13.4. The Balaban J connectivity index is 1.70. The van der Waals surface area contributed by atoms with Crippen LogP contribution in [0.4, 0.5) is 0 Å². The summed E-state index contributed by atoms with van der Waals surface area (Å²) in [5.74, 6) is -6.80. The molecule has 1 amide bonds. The third kappa shape index (κ3) is 13.0. The highest BCUT2D eigenvalue weighted by atomic mass is 32.1. The van der Waals surface area contributed by atoms with Crippen LogP contribution in [-0.2, 0) is 92.3 Å². The smallest absolute Gasteiger partial charge is 0.303 e. The summed E-state index contributed by atoms with van der Waals surface area (Å²) in [6, 6.07) is 7.05. The summed E-state index contributed by atoms with van der Waals surface area (Å²) >= 11 is 1.24. The van der Waals surface area contributed by atoms with Gasteiger partial charge in [0.2, 0.25) is 5.91 Å². The van der Waals surface area contributed by atoms with Gasteiger partial charge < -0.3 is 52.7 Å². The number of hydrogen-bond acceptors (Lipinski definition) is 20. The minimum Gasteiger partial charge on any atom is -0.463 e. The summed E-state index contributed by atoms with van der Waals surface area (Å²) in [7, 11) is 0. The Hall–Kier alpha value is -5.45. The van der Waals surface area contributed by atoms with Gasteiger partial charge in [-0.2, -0.15) is 0 Å². The van der Waals surface area contributed by atoms with Crippen molar-refractivity contribution >= 4 is 69.3 Å². The van der Waals surface area contributed by atoms with E-state index in [4.69, 9.17) is 47.4 Å². The van der Waals surface area contributed by atoms with Crippen LogP contribution in [0.2, 0.25) is 0 Å². The molecule has 10 atom stereocenters. The first-order valence-corrected chi connectivity index (χ1v) is 19.1. The molecule has 2 fully saturated rings. The summed E-state index contributed by atoms with van der Waals surface area (Å²) < 4.78 is 58.7. The maximum atomic E-state index is 13.4. The number of amides is 1. The second-order valence-corrected chi connectivity index (χ2v) is 14.4. The van der Waals surface area contributed by atoms with Gasteiger partial charge in [-0.3, -0.25) is 47.1 Å². The molecule has 0 aliphatic carbocycles. The molecule has 4 rings (SSSR count). The largest absolute Gasteiger partial charge is 0.463 e. The van der Waals surface area contributed by atoms with E-state index in [-0.39, 0.29) is 24.9 Å². The number of benzene rings is 1. The molecule has 0 radical (unpaired) electrons. The predicted molar refractivity (Wildman–Crippen MR) is 197 cm³/mol. The number of ether oxygens (including phenoxy) is 10. The van der Waals surface area contributed by atoms with Gasteiger partial charge in [0.05, 0.1) is 10.1 Å². The van der Waals surface area contributed by atoms with Crippen LogP contribution in [0, 0.1) is 0 Å². The summed E-state index contributed by atoms with van der Waals surface area (Å²) in [4.78, 5) is 112. The number of hydrogen-bond donors (Lipinski definition) is 1. The summed E-state index contributed by atoms with van der Waals surface area (Å²) in [6.45, 7) is 6.26. The third-order valence-electron chi connectivity index (χ3n) is 8.55. The summed E-state index contributed by atoms with van der Waals surface area (Å²) in [5.41, 5.74) is -0.211. The van der Waals surface area contributed by atoms with Crippen molar-refractivity contribution in [1.29, 1.82) is 0 Å². The van der Waals surface area contributed by atoms with Crippen LogP contribution in [0.25, 0.3) is 10.1 Å². The van der Waals surface area contributed by atoms with Gasteiger partial charge in [-0.15, -0.1) is 0 Å². The average molecular weight is 855 g/mol. The minimum absolute atomic E-state index is 0.148. The Bertz CT molecular complexity index is 1940. The Labute approximate surface area is 340 Å². The molecule has 2 aliphatic rings. The van der Waals surface area contributed by atoms with Crippen molar-refractivity contribution in [2.75, 3.05) is 13.2 Å². The van der Waals surface area contributed by atoms with Crippen LogP contribution in [0.1, 0.15) is 61.3 Å². The van der Waals surface area contributed by atoms with E-state index in [1.165, 1.54) is 15.5 Å². The molecular weight excluding hydrogens is 808 g/mol. The zero-order valence-electron chi connectivity index (χ0n) is 33.2. The number of aryl methyl sites for hydroxylation is 1. The molecule has 1 aromatic carbocycles. The van der Waals surface area contributed by atoms with Crippen molar-refractivity contribution in [2.24, 2.45) is 0 Å². The monoisotopic (exact) mass is 854 g/mol. The first-order chi connectivity index (χ1) is 27.8. The Kier molecular flexibility index (Phi) is 16.5. The number of aromatic nitrogens is 1.